The van der Waals surface area contributed by atoms with Crippen molar-refractivity contribution in [2.75, 3.05) is 13.7 Å². The molecule has 186 valence electrons. The van der Waals surface area contributed by atoms with Gasteiger partial charge in [0.05, 0.1) is 18.7 Å². The maximum Gasteiger partial charge on any atom is 0.295 e. The summed E-state index contributed by atoms with van der Waals surface area (Å²) in [5, 5.41) is 11.4. The van der Waals surface area contributed by atoms with Crippen LogP contribution in [0.3, 0.4) is 0 Å². The van der Waals surface area contributed by atoms with Gasteiger partial charge in [-0.2, -0.15) is 0 Å². The zero-order chi connectivity index (χ0) is 25.7. The first-order valence-corrected chi connectivity index (χ1v) is 12.1. The molecule has 6 nitrogen and oxygen atoms in total. The Morgan fingerprint density at radius 3 is 2.39 bits per heavy atom. The molecular formula is C30H31NO5. The summed E-state index contributed by atoms with van der Waals surface area (Å²) in [6, 6.07) is 21.7. The lowest BCUT2D eigenvalue weighted by atomic mass is 9.94. The van der Waals surface area contributed by atoms with Gasteiger partial charge < -0.3 is 19.5 Å². The Balaban J connectivity index is 1.73. The van der Waals surface area contributed by atoms with Crippen molar-refractivity contribution in [2.45, 2.75) is 39.3 Å². The average molecular weight is 486 g/mol. The van der Waals surface area contributed by atoms with Crippen LogP contribution in [0.5, 0.6) is 11.5 Å². The molecule has 1 heterocycles. The molecule has 1 fully saturated rings. The number of para-hydroxylation sites is 1. The van der Waals surface area contributed by atoms with Gasteiger partial charge in [-0.15, -0.1) is 0 Å². The number of hydrogen-bond acceptors (Lipinski definition) is 5. The lowest BCUT2D eigenvalue weighted by molar-refractivity contribution is -0.139. The SMILES string of the molecule is CCCCN1C(=O)C(=O)/C(=C(/O)c2ccc(OCc3ccccc3)c(C)c2)C1c1ccccc1OC. The number of ketones is 1. The molecule has 0 aliphatic carbocycles. The smallest absolute Gasteiger partial charge is 0.295 e. The number of aliphatic hydroxyl groups excluding tert-OH is 1. The number of unbranched alkanes of at least 4 members (excludes halogenated alkanes) is 1. The van der Waals surface area contributed by atoms with Crippen LogP contribution in [0.15, 0.2) is 78.4 Å². The van der Waals surface area contributed by atoms with E-state index in [0.717, 1.165) is 24.0 Å². The van der Waals surface area contributed by atoms with E-state index in [1.807, 2.05) is 62.4 Å². The highest BCUT2D eigenvalue weighted by Gasteiger charge is 2.46. The summed E-state index contributed by atoms with van der Waals surface area (Å²) in [4.78, 5) is 27.8. The normalized spacial score (nSPS) is 16.9. The molecule has 0 bridgehead atoms. The zero-order valence-corrected chi connectivity index (χ0v) is 20.9. The standard InChI is InChI=1S/C30H31NO5/c1-4-5-17-31-27(23-13-9-10-14-25(23)35-3)26(29(33)30(31)34)28(32)22-15-16-24(20(2)18-22)36-19-21-11-7-6-8-12-21/h6-16,18,27,32H,4-5,17,19H2,1-3H3/b28-26+. The number of hydrogen-bond donors (Lipinski definition) is 1. The molecule has 1 aliphatic rings. The highest BCUT2D eigenvalue weighted by atomic mass is 16.5. The van der Waals surface area contributed by atoms with Crippen molar-refractivity contribution in [3.8, 4) is 11.5 Å². The van der Waals surface area contributed by atoms with E-state index < -0.39 is 17.7 Å². The van der Waals surface area contributed by atoms with Crippen LogP contribution in [0, 0.1) is 6.92 Å². The number of methoxy groups -OCH3 is 1. The largest absolute Gasteiger partial charge is 0.507 e. The van der Waals surface area contributed by atoms with Crippen LogP contribution in [0.4, 0.5) is 0 Å². The molecule has 0 saturated carbocycles. The van der Waals surface area contributed by atoms with Crippen LogP contribution in [0.1, 0.15) is 48.1 Å². The van der Waals surface area contributed by atoms with E-state index in [2.05, 4.69) is 0 Å². The quantitative estimate of drug-likeness (QED) is 0.235. The van der Waals surface area contributed by atoms with Gasteiger partial charge >= 0.3 is 0 Å². The minimum Gasteiger partial charge on any atom is -0.507 e. The molecule has 0 radical (unpaired) electrons. The van der Waals surface area contributed by atoms with Crippen molar-refractivity contribution in [1.82, 2.24) is 4.90 Å². The van der Waals surface area contributed by atoms with E-state index in [4.69, 9.17) is 9.47 Å². The molecule has 1 aliphatic heterocycles. The van der Waals surface area contributed by atoms with Crippen molar-refractivity contribution in [3.63, 3.8) is 0 Å². The predicted molar refractivity (Wildman–Crippen MR) is 139 cm³/mol. The van der Waals surface area contributed by atoms with E-state index in [1.54, 1.807) is 36.3 Å². The summed E-state index contributed by atoms with van der Waals surface area (Å²) in [5.74, 6) is -0.277. The molecule has 3 aromatic carbocycles. The number of carbonyl (C=O) groups excluding carboxylic acids is 2. The van der Waals surface area contributed by atoms with Gasteiger partial charge in [-0.05, 0) is 48.7 Å². The molecule has 1 N–H and O–H groups in total. The van der Waals surface area contributed by atoms with Crippen LogP contribution in [-0.4, -0.2) is 35.4 Å². The minimum absolute atomic E-state index is 0.0676. The Labute approximate surface area is 211 Å². The fraction of sp³-hybridized carbons (Fsp3) is 0.267. The van der Waals surface area contributed by atoms with Gasteiger partial charge in [0.25, 0.3) is 11.7 Å². The van der Waals surface area contributed by atoms with E-state index >= 15 is 0 Å². The Kier molecular flexibility index (Phi) is 7.74. The van der Waals surface area contributed by atoms with Gasteiger partial charge in [0.2, 0.25) is 0 Å². The third-order valence-electron chi connectivity index (χ3n) is 6.41. The minimum atomic E-state index is -0.734. The van der Waals surface area contributed by atoms with Crippen molar-refractivity contribution in [1.29, 1.82) is 0 Å². The summed E-state index contributed by atoms with van der Waals surface area (Å²) >= 11 is 0. The molecule has 3 aromatic rings. The summed E-state index contributed by atoms with van der Waals surface area (Å²) in [6.45, 7) is 4.74. The third kappa shape index (κ3) is 4.98. The van der Waals surface area contributed by atoms with E-state index in [1.165, 1.54) is 0 Å². The molecule has 6 heteroatoms. The number of Topliss-reactive ketones (excluding diaryl/α,β-unsaturated/α-hetero) is 1. The van der Waals surface area contributed by atoms with Gasteiger partial charge in [0.1, 0.15) is 23.9 Å². The van der Waals surface area contributed by atoms with Crippen molar-refractivity contribution >= 4 is 17.4 Å². The average Bonchev–Trinajstić information content (AvgIpc) is 3.16. The number of aliphatic hydroxyl groups is 1. The second-order valence-corrected chi connectivity index (χ2v) is 8.84. The van der Waals surface area contributed by atoms with Crippen LogP contribution in [-0.2, 0) is 16.2 Å². The topological polar surface area (TPSA) is 76.1 Å². The number of carbonyl (C=O) groups is 2. The molecule has 4 rings (SSSR count). The molecule has 0 spiro atoms. The summed E-state index contributed by atoms with van der Waals surface area (Å²) in [6.07, 6.45) is 1.61. The molecule has 1 unspecified atom stereocenters. The Morgan fingerprint density at radius 1 is 0.972 bits per heavy atom. The van der Waals surface area contributed by atoms with Crippen LogP contribution in [0.2, 0.25) is 0 Å². The first-order valence-electron chi connectivity index (χ1n) is 12.1. The zero-order valence-electron chi connectivity index (χ0n) is 20.9. The Hall–Kier alpha value is -4.06. The predicted octanol–water partition coefficient (Wildman–Crippen LogP) is 5.80. The number of likely N-dealkylation sites (tertiary alicyclic amines) is 1. The van der Waals surface area contributed by atoms with Crippen molar-refractivity contribution < 1.29 is 24.2 Å². The van der Waals surface area contributed by atoms with Gasteiger partial charge in [-0.1, -0.05) is 61.9 Å². The van der Waals surface area contributed by atoms with E-state index in [9.17, 15) is 14.7 Å². The van der Waals surface area contributed by atoms with Gasteiger partial charge in [-0.3, -0.25) is 9.59 Å². The second kappa shape index (κ2) is 11.1. The van der Waals surface area contributed by atoms with Gasteiger partial charge in [-0.25, -0.2) is 0 Å². The lowest BCUT2D eigenvalue weighted by Crippen LogP contribution is -2.30. The van der Waals surface area contributed by atoms with E-state index in [0.29, 0.717) is 35.8 Å². The van der Waals surface area contributed by atoms with Gasteiger partial charge in [0, 0.05) is 17.7 Å². The van der Waals surface area contributed by atoms with E-state index in [-0.39, 0.29) is 11.3 Å². The second-order valence-electron chi connectivity index (χ2n) is 8.84. The highest BCUT2D eigenvalue weighted by Crippen LogP contribution is 2.43. The maximum absolute atomic E-state index is 13.2. The summed E-state index contributed by atoms with van der Waals surface area (Å²) < 4.78 is 11.5. The summed E-state index contributed by atoms with van der Waals surface area (Å²) in [5.41, 5.74) is 3.04. The maximum atomic E-state index is 13.2. The molecule has 36 heavy (non-hydrogen) atoms. The number of rotatable bonds is 9. The number of aryl methyl sites for hydroxylation is 1. The fourth-order valence-electron chi connectivity index (χ4n) is 4.50. The third-order valence-corrected chi connectivity index (χ3v) is 6.41. The fourth-order valence-corrected chi connectivity index (χ4v) is 4.50. The Morgan fingerprint density at radius 2 is 1.69 bits per heavy atom. The molecule has 0 aromatic heterocycles. The molecule has 1 atom stereocenters. The highest BCUT2D eigenvalue weighted by molar-refractivity contribution is 6.46. The van der Waals surface area contributed by atoms with Crippen molar-refractivity contribution in [2.24, 2.45) is 0 Å². The van der Waals surface area contributed by atoms with Crippen LogP contribution < -0.4 is 9.47 Å². The van der Waals surface area contributed by atoms with Gasteiger partial charge in [0.15, 0.2) is 0 Å². The molecule has 1 saturated heterocycles. The molecular weight excluding hydrogens is 454 g/mol. The number of amides is 1. The first-order chi connectivity index (χ1) is 17.5. The Bertz CT molecular complexity index is 1280. The monoisotopic (exact) mass is 485 g/mol. The molecule has 1 amide bonds. The summed E-state index contributed by atoms with van der Waals surface area (Å²) in [7, 11) is 1.55. The number of ether oxygens (including phenoxy) is 2. The lowest BCUT2D eigenvalue weighted by Gasteiger charge is -2.26. The van der Waals surface area contributed by atoms with Crippen LogP contribution >= 0.6 is 0 Å². The number of benzene rings is 3. The van der Waals surface area contributed by atoms with Crippen LogP contribution in [0.25, 0.3) is 5.76 Å². The van der Waals surface area contributed by atoms with Crippen molar-refractivity contribution in [3.05, 3.63) is 101 Å². The number of nitrogens with zero attached hydrogens (tertiary/aromatic N) is 1. The first kappa shape index (κ1) is 25.0.